The zero-order chi connectivity index (χ0) is 41.5. The van der Waals surface area contributed by atoms with E-state index in [0.29, 0.717) is 6.61 Å². The summed E-state index contributed by atoms with van der Waals surface area (Å²) < 4.78 is 10.4. The monoisotopic (exact) mass is 916 g/mol. The Morgan fingerprint density at radius 2 is 0.909 bits per heavy atom. The van der Waals surface area contributed by atoms with E-state index >= 15 is 0 Å². The molecule has 0 aliphatic rings. The van der Waals surface area contributed by atoms with Crippen molar-refractivity contribution in [3.63, 3.8) is 0 Å². The van der Waals surface area contributed by atoms with Crippen LogP contribution in [-0.4, -0.2) is 108 Å². The molecule has 0 aromatic carbocycles. The zero-order valence-corrected chi connectivity index (χ0v) is 44.3. The topological polar surface area (TPSA) is 93.7 Å². The Hall–Kier alpha value is -1.74. The fourth-order valence-corrected chi connectivity index (χ4v) is 3.59. The largest absolute Gasteiger partial charge is 2.00 e. The van der Waals surface area contributed by atoms with Crippen molar-refractivity contribution in [1.82, 2.24) is 9.97 Å². The van der Waals surface area contributed by atoms with Crippen molar-refractivity contribution < 1.29 is 42.4 Å². The summed E-state index contributed by atoms with van der Waals surface area (Å²) >= 11 is 0. The molecule has 2 rings (SSSR count). The van der Waals surface area contributed by atoms with Gasteiger partial charge in [-0.1, -0.05) is 63.6 Å². The molecule has 14 heteroatoms. The zero-order valence-electron chi connectivity index (χ0n) is 38.1. The van der Waals surface area contributed by atoms with E-state index in [1.807, 2.05) is 64.1 Å². The van der Waals surface area contributed by atoms with Crippen molar-refractivity contribution >= 4 is 57.1 Å². The minimum atomic E-state index is -0.861. The van der Waals surface area contributed by atoms with E-state index in [9.17, 15) is 0 Å². The van der Waals surface area contributed by atoms with Gasteiger partial charge in [0, 0.05) is 45.0 Å². The van der Waals surface area contributed by atoms with Crippen LogP contribution in [0.1, 0.15) is 50.5 Å². The molecule has 8 nitrogen and oxygen atoms in total. The molecule has 0 bridgehead atoms. The Balaban J connectivity index is -0.000000105. The molecule has 0 atom stereocenters. The van der Waals surface area contributed by atoms with E-state index in [-0.39, 0.29) is 41.0 Å². The quantitative estimate of drug-likeness (QED) is 0.103. The number of aliphatic imine (C=N–C) groups is 4. The molecule has 3 radical (unpaired) electrons. The predicted octanol–water partition coefficient (Wildman–Crippen LogP) is 10.4. The van der Waals surface area contributed by atoms with Gasteiger partial charge in [-0.3, -0.25) is 20.0 Å². The molecule has 2 aromatic rings. The third-order valence-corrected chi connectivity index (χ3v) is 6.96. The first-order chi connectivity index (χ1) is 23.9. The molecule has 0 fully saturated rings. The molecular weight excluding hydrogens is 839 g/mol. The fourth-order valence-electron chi connectivity index (χ4n) is 2.62. The molecule has 0 N–H and O–H groups in total. The molecule has 0 aliphatic heterocycles. The fraction of sp³-hybridized carbons (Fsp3) is 0.488. The van der Waals surface area contributed by atoms with Gasteiger partial charge in [0.15, 0.2) is 9.04 Å². The van der Waals surface area contributed by atoms with Gasteiger partial charge in [0.2, 0.25) is 9.04 Å². The van der Waals surface area contributed by atoms with E-state index in [0.717, 1.165) is 52.2 Å². The Bertz CT molecular complexity index is 1190. The summed E-state index contributed by atoms with van der Waals surface area (Å²) in [5, 5.41) is 0. The summed E-state index contributed by atoms with van der Waals surface area (Å²) in [5.41, 5.74) is 7.40. The number of hydrogen-bond acceptors (Lipinski definition) is 8. The van der Waals surface area contributed by atoms with Crippen LogP contribution in [0, 0.1) is 20.5 Å². The molecule has 2 heterocycles. The standard InChI is InChI=1S/2C11H15N3.C5H12OSi.C5H11OSi.2C4H11Si.CH3.2Co/c2*1-8(12-3)10-6-5-7-11(14-10)9(2)13-4;2*1-4-5-6-7(2)3;2*1-5(2,3)4;;;/h2*5-7H,1-4H3;4,7H,1,5H2,2-3H3;4H,1,5H2,2-3H3;2*1H2,2-4H3;1H3;;/q;;;;3*-1;;+2. The average molecular weight is 917 g/mol. The van der Waals surface area contributed by atoms with Crippen molar-refractivity contribution in [2.24, 2.45) is 20.0 Å². The summed E-state index contributed by atoms with van der Waals surface area (Å²) in [6.07, 6.45) is 3.56. The summed E-state index contributed by atoms with van der Waals surface area (Å²) in [6.45, 7) is 45.9. The third-order valence-electron chi connectivity index (χ3n) is 5.36. The van der Waals surface area contributed by atoms with E-state index in [2.05, 4.69) is 122 Å². The molecule has 0 saturated heterocycles. The van der Waals surface area contributed by atoms with Gasteiger partial charge in [0.05, 0.1) is 58.8 Å². The first-order valence-corrected chi connectivity index (χ1v) is 30.2. The number of rotatable bonds is 10. The SMILES string of the molecule is C=CCO[SiH](C)C.C=CCO[Si](C)C.CN=C(C)c1cccc(C(C)=NC)n1.CN=C(C)c1cccc(C(C)=NC)n1.[CH2-][Si](C)(C)C.[CH2-][Si](C)(C)C.[CH3-].[Co+2].[Co]. The number of hydrogen-bond donors (Lipinski definition) is 0. The second-order valence-corrected chi connectivity index (χ2v) is 29.1. The Morgan fingerprint density at radius 3 is 1.04 bits per heavy atom. The van der Waals surface area contributed by atoms with Gasteiger partial charge in [-0.2, -0.15) is 0 Å². The minimum Gasteiger partial charge on any atom is -0.417 e. The van der Waals surface area contributed by atoms with Gasteiger partial charge in [-0.25, -0.2) is 9.97 Å². The molecule has 0 aliphatic carbocycles. The van der Waals surface area contributed by atoms with Crippen molar-refractivity contribution in [1.29, 1.82) is 0 Å². The van der Waals surface area contributed by atoms with Crippen LogP contribution in [-0.2, 0) is 42.4 Å². The van der Waals surface area contributed by atoms with Gasteiger partial charge < -0.3 is 29.4 Å². The summed E-state index contributed by atoms with van der Waals surface area (Å²) in [7, 11) is 4.12. The first kappa shape index (κ1) is 68.0. The number of pyridine rings is 2. The van der Waals surface area contributed by atoms with E-state index < -0.39 is 34.2 Å². The molecule has 0 saturated carbocycles. The summed E-state index contributed by atoms with van der Waals surface area (Å²) in [6, 6.07) is 11.8. The van der Waals surface area contributed by atoms with Crippen LogP contribution in [0.5, 0.6) is 0 Å². The Labute approximate surface area is 366 Å². The average Bonchev–Trinajstić information content (AvgIpc) is 3.07. The van der Waals surface area contributed by atoms with Crippen LogP contribution in [0.3, 0.4) is 0 Å². The van der Waals surface area contributed by atoms with Crippen molar-refractivity contribution in [3.8, 4) is 0 Å². The maximum absolute atomic E-state index is 5.21. The normalized spacial score (nSPS) is 11.3. The maximum Gasteiger partial charge on any atom is 2.00 e. The predicted molar refractivity (Wildman–Crippen MR) is 253 cm³/mol. The minimum absolute atomic E-state index is 0. The Morgan fingerprint density at radius 1 is 0.673 bits per heavy atom. The van der Waals surface area contributed by atoms with Crippen LogP contribution < -0.4 is 0 Å². The van der Waals surface area contributed by atoms with Crippen molar-refractivity contribution in [2.75, 3.05) is 41.4 Å². The van der Waals surface area contributed by atoms with Gasteiger partial charge in [-0.05, 0) is 78.1 Å². The molecule has 2 aromatic heterocycles. The molecule has 55 heavy (non-hydrogen) atoms. The molecule has 319 valence electrons. The van der Waals surface area contributed by atoms with Gasteiger partial charge in [0.1, 0.15) is 0 Å². The number of aromatic nitrogens is 2. The van der Waals surface area contributed by atoms with E-state index in [1.54, 1.807) is 40.3 Å². The van der Waals surface area contributed by atoms with Crippen molar-refractivity contribution in [2.45, 2.75) is 93.2 Å². The molecular formula is C41H78Co2N6O2Si4-. The second-order valence-electron chi connectivity index (χ2n) is 14.4. The van der Waals surface area contributed by atoms with E-state index in [1.165, 1.54) is 0 Å². The summed E-state index contributed by atoms with van der Waals surface area (Å²) in [4.78, 5) is 25.3. The van der Waals surface area contributed by atoms with Crippen LogP contribution in [0.2, 0.25) is 65.5 Å². The molecule has 0 amide bonds. The number of nitrogens with zero attached hydrogens (tertiary/aromatic N) is 6. The van der Waals surface area contributed by atoms with Gasteiger partial charge >= 0.3 is 16.8 Å². The Kier molecular flexibility index (Phi) is 50.0. The van der Waals surface area contributed by atoms with Crippen LogP contribution in [0.4, 0.5) is 0 Å². The first-order valence-electron chi connectivity index (χ1n) is 17.6. The van der Waals surface area contributed by atoms with Crippen molar-refractivity contribution in [3.05, 3.63) is 105 Å². The van der Waals surface area contributed by atoms with Crippen LogP contribution in [0.15, 0.2) is 81.7 Å². The molecule has 0 unspecified atom stereocenters. The smallest absolute Gasteiger partial charge is 0.417 e. The van der Waals surface area contributed by atoms with E-state index in [4.69, 9.17) is 8.85 Å². The van der Waals surface area contributed by atoms with Gasteiger partial charge in [0.25, 0.3) is 0 Å². The van der Waals surface area contributed by atoms with Gasteiger partial charge in [-0.15, -0.1) is 29.3 Å². The van der Waals surface area contributed by atoms with Crippen LogP contribution >= 0.6 is 0 Å². The summed E-state index contributed by atoms with van der Waals surface area (Å²) in [5.74, 6) is 0. The maximum atomic E-state index is 5.21. The van der Waals surface area contributed by atoms with Crippen LogP contribution in [0.25, 0.3) is 0 Å². The molecule has 0 spiro atoms. The second kappa shape index (κ2) is 40.5. The third kappa shape index (κ3) is 52.3.